The first-order chi connectivity index (χ1) is 10.8. The number of hydrogen-bond donors (Lipinski definition) is 2. The van der Waals surface area contributed by atoms with Crippen molar-refractivity contribution in [2.75, 3.05) is 25.0 Å². The van der Waals surface area contributed by atoms with Crippen LogP contribution in [0.25, 0.3) is 0 Å². The lowest BCUT2D eigenvalue weighted by molar-refractivity contribution is 0.194. The minimum Gasteiger partial charge on any atom is -0.352 e. The van der Waals surface area contributed by atoms with E-state index in [2.05, 4.69) is 32.0 Å². The molecule has 3 heterocycles. The number of amides is 2. The van der Waals surface area contributed by atoms with E-state index in [1.165, 1.54) is 4.88 Å². The van der Waals surface area contributed by atoms with Crippen molar-refractivity contribution in [3.63, 3.8) is 0 Å². The summed E-state index contributed by atoms with van der Waals surface area (Å²) in [7, 11) is 0. The molecule has 1 aliphatic heterocycles. The van der Waals surface area contributed by atoms with E-state index < -0.39 is 0 Å². The maximum atomic E-state index is 12.3. The number of carbonyl (C=O) groups excluding carboxylic acids is 1. The van der Waals surface area contributed by atoms with Gasteiger partial charge < -0.3 is 15.5 Å². The fraction of sp³-hybridized carbons (Fsp3) is 0.400. The molecule has 2 aromatic heterocycles. The Morgan fingerprint density at radius 1 is 1.32 bits per heavy atom. The maximum Gasteiger partial charge on any atom is 0.318 e. The van der Waals surface area contributed by atoms with E-state index >= 15 is 0 Å². The summed E-state index contributed by atoms with van der Waals surface area (Å²) in [5.41, 5.74) is 0. The molecule has 0 radical (unpaired) electrons. The molecule has 6 nitrogen and oxygen atoms in total. The highest BCUT2D eigenvalue weighted by atomic mass is 32.1. The predicted molar refractivity (Wildman–Crippen MR) is 86.9 cm³/mol. The van der Waals surface area contributed by atoms with Gasteiger partial charge in [0.1, 0.15) is 0 Å². The lowest BCUT2D eigenvalue weighted by Gasteiger charge is -2.24. The van der Waals surface area contributed by atoms with E-state index in [-0.39, 0.29) is 12.1 Å². The molecular formula is C15H19N5OS. The van der Waals surface area contributed by atoms with Crippen molar-refractivity contribution in [3.05, 3.63) is 40.8 Å². The largest absolute Gasteiger partial charge is 0.352 e. The van der Waals surface area contributed by atoms with Gasteiger partial charge in [-0.15, -0.1) is 11.3 Å². The van der Waals surface area contributed by atoms with Gasteiger partial charge in [0.15, 0.2) is 0 Å². The van der Waals surface area contributed by atoms with Crippen LogP contribution in [0.5, 0.6) is 0 Å². The summed E-state index contributed by atoms with van der Waals surface area (Å²) in [5.74, 6) is 0.578. The Hall–Kier alpha value is -2.15. The Morgan fingerprint density at radius 3 is 2.95 bits per heavy atom. The molecule has 2 N–H and O–H groups in total. The Kier molecular flexibility index (Phi) is 4.85. The van der Waals surface area contributed by atoms with Crippen molar-refractivity contribution in [3.8, 4) is 0 Å². The topological polar surface area (TPSA) is 70.1 Å². The van der Waals surface area contributed by atoms with Crippen LogP contribution >= 0.6 is 11.3 Å². The lowest BCUT2D eigenvalue weighted by atomic mass is 10.2. The molecule has 0 spiro atoms. The van der Waals surface area contributed by atoms with E-state index in [0.717, 1.165) is 19.4 Å². The van der Waals surface area contributed by atoms with Gasteiger partial charge in [-0.25, -0.2) is 14.8 Å². The minimum atomic E-state index is 0.00619. The second kappa shape index (κ2) is 7.22. The molecule has 22 heavy (non-hydrogen) atoms. The minimum absolute atomic E-state index is 0.00619. The molecule has 3 rings (SSSR count). The average molecular weight is 317 g/mol. The first-order valence-electron chi connectivity index (χ1n) is 7.43. The van der Waals surface area contributed by atoms with Gasteiger partial charge in [0, 0.05) is 36.9 Å². The smallest absolute Gasteiger partial charge is 0.318 e. The normalized spacial score (nSPS) is 17.5. The Bertz CT molecular complexity index is 589. The van der Waals surface area contributed by atoms with Crippen LogP contribution in [0.1, 0.15) is 23.8 Å². The van der Waals surface area contributed by atoms with Crippen molar-refractivity contribution in [2.45, 2.75) is 18.9 Å². The number of anilines is 1. The van der Waals surface area contributed by atoms with Crippen LogP contribution in [-0.4, -0.2) is 40.5 Å². The van der Waals surface area contributed by atoms with Crippen molar-refractivity contribution >= 4 is 23.3 Å². The zero-order valence-electron chi connectivity index (χ0n) is 12.2. The lowest BCUT2D eigenvalue weighted by Crippen LogP contribution is -2.41. The Balaban J connectivity index is 1.45. The van der Waals surface area contributed by atoms with Gasteiger partial charge in [-0.2, -0.15) is 0 Å². The van der Waals surface area contributed by atoms with Gasteiger partial charge in [0.05, 0.1) is 6.04 Å². The highest BCUT2D eigenvalue weighted by Gasteiger charge is 2.30. The number of carbonyl (C=O) groups is 1. The van der Waals surface area contributed by atoms with Crippen LogP contribution in [0.15, 0.2) is 36.0 Å². The van der Waals surface area contributed by atoms with Crippen LogP contribution in [-0.2, 0) is 0 Å². The number of urea groups is 1. The molecule has 2 aromatic rings. The highest BCUT2D eigenvalue weighted by Crippen LogP contribution is 2.34. The third kappa shape index (κ3) is 3.54. The fourth-order valence-electron chi connectivity index (χ4n) is 2.62. The Labute approximate surface area is 133 Å². The molecule has 0 aromatic carbocycles. The molecule has 1 fully saturated rings. The number of likely N-dealkylation sites (tertiary alicyclic amines) is 1. The summed E-state index contributed by atoms with van der Waals surface area (Å²) in [5, 5.41) is 8.10. The molecular weight excluding hydrogens is 298 g/mol. The first-order valence-corrected chi connectivity index (χ1v) is 8.31. The number of hydrogen-bond acceptors (Lipinski definition) is 5. The van der Waals surface area contributed by atoms with Crippen LogP contribution in [0.3, 0.4) is 0 Å². The predicted octanol–water partition coefficient (Wildman–Crippen LogP) is 2.50. The standard InChI is InChI=1S/C15H19N5OS/c21-15(19-9-8-18-14-16-6-3-7-17-14)20-10-1-4-12(20)13-5-2-11-22-13/h2-3,5-7,11-12H,1,4,8-10H2,(H,19,21)(H,16,17,18). The number of thiophene rings is 1. The monoisotopic (exact) mass is 317 g/mol. The van der Waals surface area contributed by atoms with Crippen molar-refractivity contribution < 1.29 is 4.79 Å². The van der Waals surface area contributed by atoms with Crippen LogP contribution in [0, 0.1) is 0 Å². The van der Waals surface area contributed by atoms with E-state index in [1.54, 1.807) is 29.8 Å². The molecule has 0 aliphatic carbocycles. The number of aromatic nitrogens is 2. The number of rotatable bonds is 5. The van der Waals surface area contributed by atoms with Gasteiger partial charge in [0.2, 0.25) is 5.95 Å². The average Bonchev–Trinajstić information content (AvgIpc) is 3.22. The molecule has 0 bridgehead atoms. The third-order valence-corrected chi connectivity index (χ3v) is 4.61. The maximum absolute atomic E-state index is 12.3. The molecule has 1 aliphatic rings. The second-order valence-electron chi connectivity index (χ2n) is 5.10. The van der Waals surface area contributed by atoms with Gasteiger partial charge in [0.25, 0.3) is 0 Å². The third-order valence-electron chi connectivity index (χ3n) is 3.64. The van der Waals surface area contributed by atoms with Gasteiger partial charge in [-0.1, -0.05) is 6.07 Å². The molecule has 1 saturated heterocycles. The molecule has 2 amide bonds. The van der Waals surface area contributed by atoms with Gasteiger partial charge in [-0.05, 0) is 30.4 Å². The first kappa shape index (κ1) is 14.8. The molecule has 116 valence electrons. The fourth-order valence-corrected chi connectivity index (χ4v) is 3.50. The van der Waals surface area contributed by atoms with Crippen molar-refractivity contribution in [1.82, 2.24) is 20.2 Å². The number of nitrogens with zero attached hydrogens (tertiary/aromatic N) is 3. The summed E-state index contributed by atoms with van der Waals surface area (Å²) in [6.07, 6.45) is 5.48. The van der Waals surface area contributed by atoms with E-state index in [9.17, 15) is 4.79 Å². The SMILES string of the molecule is O=C(NCCNc1ncccn1)N1CCCC1c1cccs1. The van der Waals surface area contributed by atoms with Gasteiger partial charge in [-0.3, -0.25) is 0 Å². The second-order valence-corrected chi connectivity index (χ2v) is 6.08. The van der Waals surface area contributed by atoms with E-state index in [0.29, 0.717) is 19.0 Å². The van der Waals surface area contributed by atoms with E-state index in [1.807, 2.05) is 11.0 Å². The van der Waals surface area contributed by atoms with Crippen LogP contribution < -0.4 is 10.6 Å². The summed E-state index contributed by atoms with van der Waals surface area (Å²) >= 11 is 1.72. The summed E-state index contributed by atoms with van der Waals surface area (Å²) in [6, 6.07) is 6.15. The van der Waals surface area contributed by atoms with Crippen molar-refractivity contribution in [2.24, 2.45) is 0 Å². The molecule has 1 unspecified atom stereocenters. The van der Waals surface area contributed by atoms with E-state index in [4.69, 9.17) is 0 Å². The zero-order chi connectivity index (χ0) is 15.2. The zero-order valence-corrected chi connectivity index (χ0v) is 13.1. The quantitative estimate of drug-likeness (QED) is 0.831. The molecule has 0 saturated carbocycles. The summed E-state index contributed by atoms with van der Waals surface area (Å²) in [4.78, 5) is 23.7. The Morgan fingerprint density at radius 2 is 2.18 bits per heavy atom. The van der Waals surface area contributed by atoms with Crippen LogP contribution in [0.2, 0.25) is 0 Å². The molecule has 1 atom stereocenters. The highest BCUT2D eigenvalue weighted by molar-refractivity contribution is 7.10. The van der Waals surface area contributed by atoms with Crippen LogP contribution in [0.4, 0.5) is 10.7 Å². The summed E-state index contributed by atoms with van der Waals surface area (Å²) < 4.78 is 0. The number of nitrogens with one attached hydrogen (secondary N) is 2. The molecule has 7 heteroatoms. The van der Waals surface area contributed by atoms with Crippen molar-refractivity contribution in [1.29, 1.82) is 0 Å². The summed E-state index contributed by atoms with van der Waals surface area (Å²) in [6.45, 7) is 1.97. The van der Waals surface area contributed by atoms with Gasteiger partial charge >= 0.3 is 6.03 Å².